The Bertz CT molecular complexity index is 587. The van der Waals surface area contributed by atoms with Crippen molar-refractivity contribution in [3.05, 3.63) is 27.2 Å². The van der Waals surface area contributed by atoms with Crippen molar-refractivity contribution < 1.29 is 4.74 Å². The minimum atomic E-state index is 0.105. The van der Waals surface area contributed by atoms with Crippen LogP contribution in [0.4, 0.5) is 0 Å². The Hall–Kier alpha value is -0.210. The Labute approximate surface area is 194 Å². The summed E-state index contributed by atoms with van der Waals surface area (Å²) in [6.45, 7) is 18.5. The van der Waals surface area contributed by atoms with Gasteiger partial charge in [-0.05, 0) is 55.2 Å². The van der Waals surface area contributed by atoms with Crippen LogP contribution in [-0.4, -0.2) is 6.10 Å². The van der Waals surface area contributed by atoms with E-state index in [4.69, 9.17) is 16.3 Å². The minimum absolute atomic E-state index is 0.105. The van der Waals surface area contributed by atoms with Crippen LogP contribution in [0.15, 0.2) is 16.6 Å². The largest absolute Gasteiger partial charge is 0.488 e. The van der Waals surface area contributed by atoms with Gasteiger partial charge >= 0.3 is 0 Å². The van der Waals surface area contributed by atoms with Crippen molar-refractivity contribution in [3.63, 3.8) is 0 Å². The fourth-order valence-corrected chi connectivity index (χ4v) is 6.17. The van der Waals surface area contributed by atoms with Gasteiger partial charge in [0.2, 0.25) is 0 Å². The molecule has 0 aliphatic rings. The molecule has 168 valence electrons. The lowest BCUT2D eigenvalue weighted by Gasteiger charge is -2.50. The van der Waals surface area contributed by atoms with E-state index in [2.05, 4.69) is 70.5 Å². The lowest BCUT2D eigenvalue weighted by molar-refractivity contribution is -0.0713. The zero-order valence-electron chi connectivity index (χ0n) is 20.1. The first-order valence-corrected chi connectivity index (χ1v) is 12.9. The Morgan fingerprint density at radius 3 is 1.93 bits per heavy atom. The Kier molecular flexibility index (Phi) is 11.7. The van der Waals surface area contributed by atoms with Crippen LogP contribution in [0, 0.1) is 30.1 Å². The summed E-state index contributed by atoms with van der Waals surface area (Å²) in [6, 6.07) is 4.08. The zero-order valence-corrected chi connectivity index (χ0v) is 22.4. The summed E-state index contributed by atoms with van der Waals surface area (Å²) in [6.07, 6.45) is 9.08. The molecule has 1 unspecified atom stereocenters. The number of halogens is 2. The van der Waals surface area contributed by atoms with Crippen molar-refractivity contribution in [2.45, 2.75) is 106 Å². The van der Waals surface area contributed by atoms with E-state index in [1.807, 2.05) is 13.0 Å². The maximum Gasteiger partial charge on any atom is 0.138 e. The highest BCUT2D eigenvalue weighted by molar-refractivity contribution is 9.10. The summed E-state index contributed by atoms with van der Waals surface area (Å²) >= 11 is 10.3. The average molecular weight is 488 g/mol. The Morgan fingerprint density at radius 1 is 0.897 bits per heavy atom. The van der Waals surface area contributed by atoms with Crippen LogP contribution < -0.4 is 4.74 Å². The number of rotatable bonds is 13. The van der Waals surface area contributed by atoms with Crippen LogP contribution in [0.5, 0.6) is 5.75 Å². The molecule has 0 aliphatic heterocycles. The van der Waals surface area contributed by atoms with Crippen LogP contribution in [0.2, 0.25) is 5.02 Å². The van der Waals surface area contributed by atoms with E-state index in [-0.39, 0.29) is 11.5 Å². The molecule has 0 bridgehead atoms. The molecule has 29 heavy (non-hydrogen) atoms. The molecule has 0 saturated carbocycles. The summed E-state index contributed by atoms with van der Waals surface area (Å²) in [5, 5.41) is 0.734. The van der Waals surface area contributed by atoms with Gasteiger partial charge in [0, 0.05) is 9.89 Å². The van der Waals surface area contributed by atoms with E-state index in [1.165, 1.54) is 38.5 Å². The van der Waals surface area contributed by atoms with Gasteiger partial charge in [-0.25, -0.2) is 0 Å². The van der Waals surface area contributed by atoms with Gasteiger partial charge in [0.25, 0.3) is 0 Å². The number of unbranched alkanes of at least 4 members (excludes halogenated alkanes) is 5. The molecule has 0 fully saturated rings. The van der Waals surface area contributed by atoms with Crippen LogP contribution >= 0.6 is 27.5 Å². The summed E-state index contributed by atoms with van der Waals surface area (Å²) < 4.78 is 7.84. The normalized spacial score (nSPS) is 13.6. The van der Waals surface area contributed by atoms with Gasteiger partial charge in [-0.1, -0.05) is 108 Å². The van der Waals surface area contributed by atoms with Gasteiger partial charge in [-0.2, -0.15) is 0 Å². The molecule has 0 amide bonds. The van der Waals surface area contributed by atoms with E-state index in [9.17, 15) is 0 Å². The van der Waals surface area contributed by atoms with E-state index in [1.54, 1.807) is 0 Å². The molecule has 0 N–H and O–H groups in total. The molecule has 1 aromatic rings. The summed E-state index contributed by atoms with van der Waals surface area (Å²) in [5.41, 5.74) is 1.15. The molecule has 0 saturated heterocycles. The number of benzene rings is 1. The topological polar surface area (TPSA) is 9.23 Å². The first kappa shape index (κ1) is 26.8. The first-order valence-electron chi connectivity index (χ1n) is 11.7. The van der Waals surface area contributed by atoms with Gasteiger partial charge < -0.3 is 4.74 Å². The standard InChI is InChI=1S/C26H44BrClO/c1-9-10-11-12-13-14-15-24(26(18(2)3,19(4)5)20(6)7)29-23-17-16-22(27)21(8)25(23)28/h16-20,24H,9-15H2,1-8H3. The third-order valence-electron chi connectivity index (χ3n) is 6.93. The maximum absolute atomic E-state index is 6.81. The maximum atomic E-state index is 6.81. The number of hydrogen-bond acceptors (Lipinski definition) is 1. The van der Waals surface area contributed by atoms with Crippen molar-refractivity contribution in [1.82, 2.24) is 0 Å². The van der Waals surface area contributed by atoms with Gasteiger partial charge in [0.05, 0.1) is 5.02 Å². The fraction of sp³-hybridized carbons (Fsp3) is 0.769. The molecule has 1 rings (SSSR count). The summed E-state index contributed by atoms with van der Waals surface area (Å²) in [4.78, 5) is 0. The third kappa shape index (κ3) is 6.63. The molecular weight excluding hydrogens is 444 g/mol. The molecule has 1 aromatic carbocycles. The van der Waals surface area contributed by atoms with E-state index >= 15 is 0 Å². The van der Waals surface area contributed by atoms with Crippen LogP contribution in [0.25, 0.3) is 0 Å². The smallest absolute Gasteiger partial charge is 0.138 e. The zero-order chi connectivity index (χ0) is 22.2. The van der Waals surface area contributed by atoms with Gasteiger partial charge in [-0.15, -0.1) is 0 Å². The van der Waals surface area contributed by atoms with Crippen molar-refractivity contribution >= 4 is 27.5 Å². The minimum Gasteiger partial charge on any atom is -0.488 e. The Morgan fingerprint density at radius 2 is 1.41 bits per heavy atom. The van der Waals surface area contributed by atoms with Crippen molar-refractivity contribution in [3.8, 4) is 5.75 Å². The van der Waals surface area contributed by atoms with Crippen molar-refractivity contribution in [2.24, 2.45) is 23.2 Å². The Balaban J connectivity index is 3.18. The molecule has 0 aliphatic carbocycles. The van der Waals surface area contributed by atoms with Gasteiger partial charge in [0.1, 0.15) is 11.9 Å². The highest BCUT2D eigenvalue weighted by Crippen LogP contribution is 2.49. The highest BCUT2D eigenvalue weighted by atomic mass is 79.9. The monoisotopic (exact) mass is 486 g/mol. The molecule has 1 atom stereocenters. The summed E-state index contributed by atoms with van der Waals surface area (Å²) in [7, 11) is 0. The molecule has 0 spiro atoms. The summed E-state index contributed by atoms with van der Waals surface area (Å²) in [5.74, 6) is 2.42. The third-order valence-corrected chi connectivity index (χ3v) is 8.26. The lowest BCUT2D eigenvalue weighted by atomic mass is 9.58. The van der Waals surface area contributed by atoms with Crippen molar-refractivity contribution in [2.75, 3.05) is 0 Å². The SMILES string of the molecule is CCCCCCCCC(Oc1ccc(Br)c(C)c1Cl)C(C(C)C)(C(C)C)C(C)C. The quantitative estimate of drug-likeness (QED) is 0.251. The molecule has 0 heterocycles. The predicted octanol–water partition coefficient (Wildman–Crippen LogP) is 9.86. The van der Waals surface area contributed by atoms with Crippen LogP contribution in [0.3, 0.4) is 0 Å². The molecule has 0 aromatic heterocycles. The van der Waals surface area contributed by atoms with Crippen LogP contribution in [0.1, 0.15) is 99.0 Å². The van der Waals surface area contributed by atoms with Crippen molar-refractivity contribution in [1.29, 1.82) is 0 Å². The lowest BCUT2D eigenvalue weighted by Crippen LogP contribution is -2.51. The van der Waals surface area contributed by atoms with E-state index in [0.29, 0.717) is 17.8 Å². The molecule has 1 nitrogen and oxygen atoms in total. The second kappa shape index (κ2) is 12.6. The van der Waals surface area contributed by atoms with Gasteiger partial charge in [0.15, 0.2) is 0 Å². The predicted molar refractivity (Wildman–Crippen MR) is 133 cm³/mol. The van der Waals surface area contributed by atoms with Crippen LogP contribution in [-0.2, 0) is 0 Å². The number of hydrogen-bond donors (Lipinski definition) is 0. The average Bonchev–Trinajstić information content (AvgIpc) is 2.64. The number of ether oxygens (including phenoxy) is 1. The molecule has 3 heteroatoms. The van der Waals surface area contributed by atoms with E-state index in [0.717, 1.165) is 27.2 Å². The molecular formula is C26H44BrClO. The second-order valence-corrected chi connectivity index (χ2v) is 10.8. The first-order chi connectivity index (χ1) is 13.6. The second-order valence-electron chi connectivity index (χ2n) is 9.61. The highest BCUT2D eigenvalue weighted by Gasteiger charge is 2.48. The van der Waals surface area contributed by atoms with E-state index < -0.39 is 0 Å². The molecule has 0 radical (unpaired) electrons. The van der Waals surface area contributed by atoms with Gasteiger partial charge in [-0.3, -0.25) is 0 Å². The fourth-order valence-electron chi connectivity index (χ4n) is 5.52.